The molecule has 1 aliphatic rings. The van der Waals surface area contributed by atoms with E-state index in [0.29, 0.717) is 20.8 Å². The molecule has 3 aromatic heterocycles. The van der Waals surface area contributed by atoms with Gasteiger partial charge >= 0.3 is 16.8 Å². The summed E-state index contributed by atoms with van der Waals surface area (Å²) in [7, 11) is 0. The molecule has 1 saturated heterocycles. The molecule has 194 valence electrons. The van der Waals surface area contributed by atoms with Gasteiger partial charge in [0, 0.05) is 30.0 Å². The fourth-order valence-corrected chi connectivity index (χ4v) is 6.16. The Morgan fingerprint density at radius 2 is 2.16 bits per heavy atom. The molecule has 0 bridgehead atoms. The highest BCUT2D eigenvalue weighted by Gasteiger charge is 2.48. The first-order valence-electron chi connectivity index (χ1n) is 10.9. The van der Waals surface area contributed by atoms with E-state index >= 15 is 0 Å². The van der Waals surface area contributed by atoms with E-state index in [0.717, 1.165) is 11.3 Å². The Morgan fingerprint density at radius 3 is 2.81 bits per heavy atom. The predicted molar refractivity (Wildman–Crippen MR) is 137 cm³/mol. The number of carbonyl (C=O) groups excluding carboxylic acids is 2. The summed E-state index contributed by atoms with van der Waals surface area (Å²) in [6.07, 6.45) is 1.71. The van der Waals surface area contributed by atoms with Crippen molar-refractivity contribution in [1.29, 1.82) is 0 Å². The first kappa shape index (κ1) is 27.0. The topological polar surface area (TPSA) is 143 Å². The number of thiazole rings is 1. The van der Waals surface area contributed by atoms with Gasteiger partial charge in [-0.3, -0.25) is 14.4 Å². The summed E-state index contributed by atoms with van der Waals surface area (Å²) in [5.74, 6) is -1.18. The maximum absolute atomic E-state index is 12.2. The molecule has 4 rings (SSSR count). The second kappa shape index (κ2) is 11.5. The number of pyridine rings is 1. The fraction of sp³-hybridized carbons (Fsp3) is 0.409. The van der Waals surface area contributed by atoms with Crippen LogP contribution in [0.2, 0.25) is 0 Å². The molecule has 15 heteroatoms. The Hall–Kier alpha value is -3.06. The molecule has 0 radical (unpaired) electrons. The summed E-state index contributed by atoms with van der Waals surface area (Å²) in [5.41, 5.74) is 0.135. The van der Waals surface area contributed by atoms with E-state index in [1.54, 1.807) is 22.3 Å². The minimum Gasteiger partial charge on any atom is -0.463 e. The number of esters is 2. The van der Waals surface area contributed by atoms with Gasteiger partial charge in [-0.15, -0.1) is 21.8 Å². The lowest BCUT2D eigenvalue weighted by Gasteiger charge is -2.44. The van der Waals surface area contributed by atoms with E-state index < -0.39 is 35.6 Å². The van der Waals surface area contributed by atoms with Crippen molar-refractivity contribution in [2.24, 2.45) is 5.92 Å². The lowest BCUT2D eigenvalue weighted by molar-refractivity contribution is -0.185. The van der Waals surface area contributed by atoms with Crippen LogP contribution in [0.4, 0.5) is 5.82 Å². The number of halogens is 1. The Labute approximate surface area is 227 Å². The number of nitrogens with one attached hydrogen (secondary N) is 1. The van der Waals surface area contributed by atoms with Crippen LogP contribution in [0.15, 0.2) is 38.0 Å². The number of H-pyrrole nitrogens is 1. The second-order valence-corrected chi connectivity index (χ2v) is 11.0. The largest absolute Gasteiger partial charge is 0.463 e. The number of hydrogen-bond donors (Lipinski definition) is 1. The fourth-order valence-electron chi connectivity index (χ4n) is 3.91. The summed E-state index contributed by atoms with van der Waals surface area (Å²) in [5, 5.41) is 10.1. The van der Waals surface area contributed by atoms with E-state index in [4.69, 9.17) is 20.8 Å². The number of nitrogens with zero attached hydrogens (tertiary/aromatic N) is 5. The highest BCUT2D eigenvalue weighted by atomic mass is 79.9. The molecule has 1 aliphatic heterocycles. The molecule has 37 heavy (non-hydrogen) atoms. The third-order valence-electron chi connectivity index (χ3n) is 5.55. The zero-order valence-corrected chi connectivity index (χ0v) is 23.0. The van der Waals surface area contributed by atoms with Crippen molar-refractivity contribution in [3.05, 3.63) is 49.4 Å². The van der Waals surface area contributed by atoms with Gasteiger partial charge in [0.25, 0.3) is 5.82 Å². The SMILES string of the molecule is [C-]#[N+]c1ncc(Br)cc1S[C@H]1OC(COC(C)=O)[C@H](C)C(n2cc(-c3csc(=O)[nH]3)nn2)[C@@H]1OC(C)=O. The van der Waals surface area contributed by atoms with Crippen LogP contribution in [0.3, 0.4) is 0 Å². The van der Waals surface area contributed by atoms with Crippen molar-refractivity contribution < 1.29 is 23.8 Å². The highest BCUT2D eigenvalue weighted by molar-refractivity contribution is 9.10. The zero-order valence-electron chi connectivity index (χ0n) is 19.8. The van der Waals surface area contributed by atoms with Gasteiger partial charge in [-0.2, -0.15) is 0 Å². The Morgan fingerprint density at radius 1 is 1.38 bits per heavy atom. The third kappa shape index (κ3) is 6.27. The van der Waals surface area contributed by atoms with Crippen molar-refractivity contribution in [2.75, 3.05) is 6.61 Å². The molecule has 4 heterocycles. The Balaban J connectivity index is 1.75. The molecule has 0 aliphatic carbocycles. The van der Waals surface area contributed by atoms with E-state index in [1.165, 1.54) is 31.8 Å². The number of aromatic nitrogens is 5. The maximum atomic E-state index is 12.2. The van der Waals surface area contributed by atoms with Gasteiger partial charge in [0.15, 0.2) is 6.10 Å². The van der Waals surface area contributed by atoms with Gasteiger partial charge in [0.05, 0.1) is 28.5 Å². The van der Waals surface area contributed by atoms with Crippen LogP contribution < -0.4 is 4.87 Å². The summed E-state index contributed by atoms with van der Waals surface area (Å²) in [4.78, 5) is 46.0. The number of ether oxygens (including phenoxy) is 3. The number of rotatable bonds is 7. The average molecular weight is 609 g/mol. The van der Waals surface area contributed by atoms with Crippen LogP contribution in [0.5, 0.6) is 0 Å². The molecule has 0 spiro atoms. The summed E-state index contributed by atoms with van der Waals surface area (Å²) in [6.45, 7) is 11.9. The van der Waals surface area contributed by atoms with Crippen LogP contribution in [0.1, 0.15) is 26.8 Å². The molecule has 2 unspecified atom stereocenters. The van der Waals surface area contributed by atoms with E-state index in [2.05, 4.69) is 41.1 Å². The van der Waals surface area contributed by atoms with Gasteiger partial charge in [-0.1, -0.05) is 30.0 Å². The van der Waals surface area contributed by atoms with Crippen molar-refractivity contribution in [2.45, 2.75) is 49.4 Å². The van der Waals surface area contributed by atoms with Gasteiger partial charge in [-0.05, 0) is 22.0 Å². The molecule has 12 nitrogen and oxygen atoms in total. The van der Waals surface area contributed by atoms with Crippen LogP contribution in [0, 0.1) is 12.5 Å². The third-order valence-corrected chi connectivity index (χ3v) is 7.82. The first-order chi connectivity index (χ1) is 17.7. The van der Waals surface area contributed by atoms with Crippen molar-refractivity contribution in [3.8, 4) is 11.4 Å². The highest BCUT2D eigenvalue weighted by Crippen LogP contribution is 2.44. The van der Waals surface area contributed by atoms with E-state index in [-0.39, 0.29) is 23.2 Å². The standard InChI is InChI=1S/C22H21BrN6O6S2/c1-10-16(8-33-11(2)30)35-21(37-17-5-13(23)6-25-20(17)24-4)19(34-12(3)31)18(10)29-7-14(27-28-29)15-9-36-22(32)26-15/h5-7,9-10,16,18-19,21H,8H2,1-3H3,(H,26,32)/t10-,16?,18?,19-,21+/m0/s1. The van der Waals surface area contributed by atoms with Gasteiger partial charge in [-0.25, -0.2) is 4.68 Å². The first-order valence-corrected chi connectivity index (χ1v) is 13.5. The van der Waals surface area contributed by atoms with E-state index in [1.807, 2.05) is 6.92 Å². The monoisotopic (exact) mass is 608 g/mol. The number of thioether (sulfide) groups is 1. The molecule has 1 fully saturated rings. The van der Waals surface area contributed by atoms with Gasteiger partial charge in [0.1, 0.15) is 23.9 Å². The second-order valence-electron chi connectivity index (χ2n) is 8.12. The molecule has 0 amide bonds. The molecule has 5 atom stereocenters. The lowest BCUT2D eigenvalue weighted by Crippen LogP contribution is -2.52. The normalized spacial score (nSPS) is 23.3. The van der Waals surface area contributed by atoms with Crippen LogP contribution in [-0.4, -0.2) is 61.2 Å². The van der Waals surface area contributed by atoms with Crippen molar-refractivity contribution in [3.63, 3.8) is 0 Å². The number of hydrogen-bond acceptors (Lipinski definition) is 11. The van der Waals surface area contributed by atoms with Crippen LogP contribution in [-0.2, 0) is 23.8 Å². The molecular formula is C22H21BrN6O6S2. The lowest BCUT2D eigenvalue weighted by atomic mass is 9.89. The molecule has 3 aromatic rings. The molecular weight excluding hydrogens is 588 g/mol. The van der Waals surface area contributed by atoms with Crippen LogP contribution >= 0.6 is 39.0 Å². The minimum absolute atomic E-state index is 0.0390. The molecule has 0 aromatic carbocycles. The Bertz CT molecular complexity index is 1400. The number of carbonyl (C=O) groups is 2. The zero-order chi connectivity index (χ0) is 26.7. The predicted octanol–water partition coefficient (Wildman–Crippen LogP) is 3.59. The number of aromatic amines is 1. The quantitative estimate of drug-likeness (QED) is 0.312. The maximum Gasteiger partial charge on any atom is 0.304 e. The van der Waals surface area contributed by atoms with Gasteiger partial charge < -0.3 is 24.0 Å². The summed E-state index contributed by atoms with van der Waals surface area (Å²) < 4.78 is 19.6. The molecule has 1 N–H and O–H groups in total. The average Bonchev–Trinajstić information content (AvgIpc) is 3.49. The van der Waals surface area contributed by atoms with Crippen LogP contribution in [0.25, 0.3) is 16.2 Å². The summed E-state index contributed by atoms with van der Waals surface area (Å²) in [6, 6.07) is 1.15. The smallest absolute Gasteiger partial charge is 0.304 e. The molecule has 0 saturated carbocycles. The Kier molecular flexibility index (Phi) is 8.42. The minimum atomic E-state index is -0.861. The van der Waals surface area contributed by atoms with Crippen molar-refractivity contribution in [1.82, 2.24) is 25.0 Å². The summed E-state index contributed by atoms with van der Waals surface area (Å²) >= 11 is 5.55. The van der Waals surface area contributed by atoms with Crippen molar-refractivity contribution >= 4 is 56.8 Å². The van der Waals surface area contributed by atoms with E-state index in [9.17, 15) is 14.4 Å². The van der Waals surface area contributed by atoms with Gasteiger partial charge in [0.2, 0.25) is 0 Å².